The van der Waals surface area contributed by atoms with Crippen LogP contribution in [0.25, 0.3) is 0 Å². The minimum Gasteiger partial charge on any atom is -0.636 e. The molecule has 4 N–H and O–H groups in total. The monoisotopic (exact) mass is 289 g/mol. The van der Waals surface area contributed by atoms with Gasteiger partial charge in [0.2, 0.25) is 0 Å². The Hall–Kier alpha value is -0.160. The summed E-state index contributed by atoms with van der Waals surface area (Å²) >= 11 is 0. The maximum Gasteiger partial charge on any atom is 0.151 e. The highest BCUT2D eigenvalue weighted by molar-refractivity contribution is 4.49. The van der Waals surface area contributed by atoms with Crippen molar-refractivity contribution in [2.75, 3.05) is 6.54 Å². The molecule has 0 aromatic heterocycles. The average molecular weight is 289 g/mol. The Morgan fingerprint density at radius 1 is 0.600 bits per heavy atom. The number of nitrogens with two attached hydrogens (primary N) is 1. The number of aliphatic hydroxyl groups is 2. The molecule has 0 heterocycles. The van der Waals surface area contributed by atoms with Crippen LogP contribution in [0.15, 0.2) is 0 Å². The number of aliphatic hydroxyl groups excluding tert-OH is 1. The first-order valence-corrected chi connectivity index (χ1v) is 8.57. The van der Waals surface area contributed by atoms with Gasteiger partial charge in [-0.15, -0.1) is 0 Å². The zero-order valence-electron chi connectivity index (χ0n) is 13.1. The topological polar surface area (TPSA) is 80.1 Å². The van der Waals surface area contributed by atoms with Crippen molar-refractivity contribution in [1.82, 2.24) is 0 Å². The van der Waals surface area contributed by atoms with Gasteiger partial charge in [-0.1, -0.05) is 64.2 Å². The van der Waals surface area contributed by atoms with E-state index in [1.807, 2.05) is 0 Å². The van der Waals surface area contributed by atoms with Gasteiger partial charge in [0.05, 0.1) is 6.54 Å². The molecule has 0 aliphatic carbocycles. The second kappa shape index (κ2) is 16.9. The first kappa shape index (κ1) is 19.8. The predicted octanol–water partition coefficient (Wildman–Crippen LogP) is 2.82. The number of quaternary nitrogens is 1. The van der Waals surface area contributed by atoms with E-state index in [2.05, 4.69) is 0 Å². The molecule has 4 heteroatoms. The fourth-order valence-electron chi connectivity index (χ4n) is 2.50. The first-order chi connectivity index (χ1) is 9.77. The summed E-state index contributed by atoms with van der Waals surface area (Å²) in [4.78, 5) is 0. The van der Waals surface area contributed by atoms with Crippen molar-refractivity contribution in [3.63, 3.8) is 0 Å². The van der Waals surface area contributed by atoms with E-state index in [0.717, 1.165) is 31.3 Å². The molecule has 0 fully saturated rings. The van der Waals surface area contributed by atoms with E-state index >= 15 is 0 Å². The minimum absolute atomic E-state index is 0.521. The van der Waals surface area contributed by atoms with Crippen molar-refractivity contribution >= 4 is 0 Å². The third-order valence-electron chi connectivity index (χ3n) is 3.78. The SMILES string of the molecule is [O-][NH2+]CCCCCCCCCCCCCCCC(O)O. The van der Waals surface area contributed by atoms with Crippen LogP contribution >= 0.6 is 0 Å². The molecule has 0 unspecified atom stereocenters. The summed E-state index contributed by atoms with van der Waals surface area (Å²) < 4.78 is 0. The summed E-state index contributed by atoms with van der Waals surface area (Å²) in [6, 6.07) is 0. The van der Waals surface area contributed by atoms with Crippen molar-refractivity contribution in [1.29, 1.82) is 0 Å². The van der Waals surface area contributed by atoms with E-state index in [4.69, 9.17) is 10.2 Å². The molecule has 122 valence electrons. The number of unbranched alkanes of at least 4 members (excludes halogenated alkanes) is 12. The molecule has 0 spiro atoms. The van der Waals surface area contributed by atoms with Crippen LogP contribution in [-0.2, 0) is 0 Å². The highest BCUT2D eigenvalue weighted by Gasteiger charge is 1.97. The highest BCUT2D eigenvalue weighted by Crippen LogP contribution is 2.13. The Balaban J connectivity index is 2.92. The van der Waals surface area contributed by atoms with Crippen LogP contribution in [0.1, 0.15) is 89.9 Å². The quantitative estimate of drug-likeness (QED) is 0.232. The van der Waals surface area contributed by atoms with Gasteiger partial charge in [-0.05, 0) is 25.7 Å². The molecular formula is C16H35NO3. The molecule has 0 aliphatic heterocycles. The Labute approximate surface area is 124 Å². The van der Waals surface area contributed by atoms with Crippen molar-refractivity contribution < 1.29 is 15.7 Å². The van der Waals surface area contributed by atoms with Crippen LogP contribution in [0.5, 0.6) is 0 Å². The molecule has 0 saturated carbocycles. The number of hydrogen-bond acceptors (Lipinski definition) is 3. The molecule has 0 radical (unpaired) electrons. The van der Waals surface area contributed by atoms with Crippen molar-refractivity contribution in [3.05, 3.63) is 5.21 Å². The van der Waals surface area contributed by atoms with E-state index < -0.39 is 6.29 Å². The fourth-order valence-corrected chi connectivity index (χ4v) is 2.50. The van der Waals surface area contributed by atoms with Gasteiger partial charge in [0.15, 0.2) is 6.29 Å². The number of hydroxylamine groups is 1. The smallest absolute Gasteiger partial charge is 0.151 e. The molecule has 0 atom stereocenters. The summed E-state index contributed by atoms with van der Waals surface area (Å²) in [5.41, 5.74) is 1.02. The zero-order chi connectivity index (χ0) is 14.9. The Morgan fingerprint density at radius 3 is 1.30 bits per heavy atom. The maximum atomic E-state index is 10.1. The Kier molecular flexibility index (Phi) is 16.8. The molecule has 0 aliphatic rings. The van der Waals surface area contributed by atoms with Crippen molar-refractivity contribution in [2.45, 2.75) is 96.2 Å². The Morgan fingerprint density at radius 2 is 0.950 bits per heavy atom. The van der Waals surface area contributed by atoms with E-state index in [9.17, 15) is 5.21 Å². The molecular weight excluding hydrogens is 254 g/mol. The fraction of sp³-hybridized carbons (Fsp3) is 1.00. The molecule has 4 nitrogen and oxygen atoms in total. The molecule has 0 rings (SSSR count). The molecule has 0 aromatic carbocycles. The number of hydrogen-bond donors (Lipinski definition) is 3. The highest BCUT2D eigenvalue weighted by atomic mass is 16.5. The lowest BCUT2D eigenvalue weighted by atomic mass is 10.0. The van der Waals surface area contributed by atoms with Crippen LogP contribution in [0, 0.1) is 5.21 Å². The maximum absolute atomic E-state index is 10.1. The summed E-state index contributed by atoms with van der Waals surface area (Å²) in [6.45, 7) is 0.733. The van der Waals surface area contributed by atoms with E-state index in [1.54, 1.807) is 0 Å². The van der Waals surface area contributed by atoms with Crippen molar-refractivity contribution in [3.8, 4) is 0 Å². The summed E-state index contributed by atoms with van der Waals surface area (Å²) in [7, 11) is 0. The number of rotatable bonds is 16. The van der Waals surface area contributed by atoms with Crippen LogP contribution in [-0.4, -0.2) is 23.0 Å². The zero-order valence-corrected chi connectivity index (χ0v) is 13.1. The van der Waals surface area contributed by atoms with Gasteiger partial charge in [0.1, 0.15) is 0 Å². The largest absolute Gasteiger partial charge is 0.636 e. The van der Waals surface area contributed by atoms with E-state index in [0.29, 0.717) is 6.42 Å². The molecule has 0 saturated heterocycles. The molecule has 0 aromatic rings. The molecule has 0 bridgehead atoms. The van der Waals surface area contributed by atoms with Gasteiger partial charge in [-0.3, -0.25) is 0 Å². The van der Waals surface area contributed by atoms with Crippen LogP contribution in [0.2, 0.25) is 0 Å². The lowest BCUT2D eigenvalue weighted by Gasteiger charge is -2.04. The van der Waals surface area contributed by atoms with Gasteiger partial charge < -0.3 is 20.9 Å². The normalized spacial score (nSPS) is 11.4. The summed E-state index contributed by atoms with van der Waals surface area (Å²) in [6.07, 6.45) is 15.6. The van der Waals surface area contributed by atoms with E-state index in [-0.39, 0.29) is 0 Å². The lowest BCUT2D eigenvalue weighted by molar-refractivity contribution is -0.589. The van der Waals surface area contributed by atoms with Gasteiger partial charge in [0, 0.05) is 0 Å². The minimum atomic E-state index is -1.12. The van der Waals surface area contributed by atoms with Gasteiger partial charge in [0.25, 0.3) is 0 Å². The molecule has 20 heavy (non-hydrogen) atoms. The van der Waals surface area contributed by atoms with Crippen LogP contribution in [0.3, 0.4) is 0 Å². The Bertz CT molecular complexity index is 177. The predicted molar refractivity (Wildman–Crippen MR) is 83.0 cm³/mol. The summed E-state index contributed by atoms with van der Waals surface area (Å²) in [5, 5.41) is 27.5. The second-order valence-corrected chi connectivity index (χ2v) is 5.82. The first-order valence-electron chi connectivity index (χ1n) is 8.57. The van der Waals surface area contributed by atoms with Crippen LogP contribution in [0.4, 0.5) is 0 Å². The molecule has 0 amide bonds. The van der Waals surface area contributed by atoms with Gasteiger partial charge in [-0.25, -0.2) is 0 Å². The van der Waals surface area contributed by atoms with Crippen molar-refractivity contribution in [2.24, 2.45) is 0 Å². The van der Waals surface area contributed by atoms with Gasteiger partial charge in [-0.2, -0.15) is 0 Å². The second-order valence-electron chi connectivity index (χ2n) is 5.82. The third kappa shape index (κ3) is 17.8. The van der Waals surface area contributed by atoms with Gasteiger partial charge >= 0.3 is 0 Å². The third-order valence-corrected chi connectivity index (χ3v) is 3.78. The van der Waals surface area contributed by atoms with Crippen LogP contribution < -0.4 is 5.48 Å². The standard InChI is InChI=1S/C16H35NO3/c18-16(19)14-12-10-8-6-4-2-1-3-5-7-9-11-13-15-17-20/h16,18-19H,1-15,17H2. The van der Waals surface area contributed by atoms with E-state index in [1.165, 1.54) is 64.2 Å². The average Bonchev–Trinajstić information content (AvgIpc) is 2.43. The lowest BCUT2D eigenvalue weighted by Crippen LogP contribution is -2.77. The summed E-state index contributed by atoms with van der Waals surface area (Å²) in [5.74, 6) is 0.